The number of amides is 1. The zero-order chi connectivity index (χ0) is 23.2. The molecule has 1 amide bonds. The maximum absolute atomic E-state index is 12.9. The molecule has 2 unspecified atom stereocenters. The molecule has 2 atom stereocenters. The first kappa shape index (κ1) is 21.3. The summed E-state index contributed by atoms with van der Waals surface area (Å²) >= 11 is 0. The van der Waals surface area contributed by atoms with E-state index in [4.69, 9.17) is 4.98 Å². The predicted octanol–water partition coefficient (Wildman–Crippen LogP) is 3.33. The Morgan fingerprint density at radius 2 is 1.82 bits per heavy atom. The summed E-state index contributed by atoms with van der Waals surface area (Å²) in [6.45, 7) is 2.08. The van der Waals surface area contributed by atoms with Crippen molar-refractivity contribution in [1.82, 2.24) is 29.7 Å². The first-order chi connectivity index (χ1) is 16.5. The molecule has 1 saturated carbocycles. The number of piperazine rings is 1. The lowest BCUT2D eigenvalue weighted by molar-refractivity contribution is 0.0815. The van der Waals surface area contributed by atoms with Gasteiger partial charge in [0.15, 0.2) is 0 Å². The van der Waals surface area contributed by atoms with Gasteiger partial charge in [0.1, 0.15) is 17.2 Å². The smallest absolute Gasteiger partial charge is 0.270 e. The van der Waals surface area contributed by atoms with Gasteiger partial charge in [-0.2, -0.15) is 4.98 Å². The molecule has 5 heterocycles. The summed E-state index contributed by atoms with van der Waals surface area (Å²) in [4.78, 5) is 30.9. The highest BCUT2D eigenvalue weighted by molar-refractivity contribution is 5.97. The lowest BCUT2D eigenvalue weighted by Crippen LogP contribution is -2.51. The molecule has 3 fully saturated rings. The zero-order valence-corrected chi connectivity index (χ0v) is 19.9. The summed E-state index contributed by atoms with van der Waals surface area (Å²) in [5.74, 6) is 1.21. The van der Waals surface area contributed by atoms with Crippen LogP contribution in [-0.4, -0.2) is 69.6 Å². The molecule has 2 saturated heterocycles. The van der Waals surface area contributed by atoms with Crippen LogP contribution in [0, 0.1) is 0 Å². The number of carbonyl (C=O) groups is 1. The van der Waals surface area contributed by atoms with Crippen LogP contribution >= 0.6 is 0 Å². The van der Waals surface area contributed by atoms with Gasteiger partial charge in [-0.1, -0.05) is 12.8 Å². The van der Waals surface area contributed by atoms with Crippen molar-refractivity contribution in [3.05, 3.63) is 36.3 Å². The number of hydrogen-bond acceptors (Lipinski definition) is 7. The summed E-state index contributed by atoms with van der Waals surface area (Å²) in [6, 6.07) is 7.52. The molecule has 3 aliphatic rings. The fourth-order valence-corrected chi connectivity index (χ4v) is 5.76. The standard InChI is InChI=1S/C25H32N8O/c1-31(2)24(34)21-11-16-12-27-25(30-23(16)33(21)19-5-3-4-6-19)29-22-10-9-20(13-26-22)32-14-17-7-8-18(15-32)28-17/h9-13,17-19,28H,3-8,14-15H2,1-2H3,(H,26,27,29,30). The van der Waals surface area contributed by atoms with E-state index in [1.165, 1.54) is 25.7 Å². The minimum Gasteiger partial charge on any atom is -0.367 e. The summed E-state index contributed by atoms with van der Waals surface area (Å²) < 4.78 is 2.13. The first-order valence-corrected chi connectivity index (χ1v) is 12.4. The second-order valence-electron chi connectivity index (χ2n) is 10.1. The maximum Gasteiger partial charge on any atom is 0.270 e. The Labute approximate surface area is 199 Å². The van der Waals surface area contributed by atoms with E-state index in [2.05, 4.69) is 36.1 Å². The minimum atomic E-state index is -0.00184. The van der Waals surface area contributed by atoms with Crippen LogP contribution < -0.4 is 15.5 Å². The molecule has 2 bridgehead atoms. The van der Waals surface area contributed by atoms with Gasteiger partial charge >= 0.3 is 0 Å². The monoisotopic (exact) mass is 460 g/mol. The quantitative estimate of drug-likeness (QED) is 0.603. The van der Waals surface area contributed by atoms with E-state index in [-0.39, 0.29) is 5.91 Å². The third-order valence-electron chi connectivity index (χ3n) is 7.46. The molecule has 3 aromatic rings. The minimum absolute atomic E-state index is 0.00184. The lowest BCUT2D eigenvalue weighted by Gasteiger charge is -2.34. The van der Waals surface area contributed by atoms with Crippen molar-refractivity contribution in [3.8, 4) is 0 Å². The number of fused-ring (bicyclic) bond motifs is 3. The summed E-state index contributed by atoms with van der Waals surface area (Å²) in [6.07, 6.45) is 10.8. The van der Waals surface area contributed by atoms with Crippen LogP contribution in [0.3, 0.4) is 0 Å². The van der Waals surface area contributed by atoms with Crippen LogP contribution in [0.25, 0.3) is 11.0 Å². The fourth-order valence-electron chi connectivity index (χ4n) is 5.76. The van der Waals surface area contributed by atoms with E-state index in [9.17, 15) is 4.79 Å². The van der Waals surface area contributed by atoms with Gasteiger partial charge in [0, 0.05) is 56.9 Å². The third-order valence-corrected chi connectivity index (χ3v) is 7.46. The highest BCUT2D eigenvalue weighted by atomic mass is 16.2. The molecule has 3 aromatic heterocycles. The normalized spacial score (nSPS) is 22.5. The third kappa shape index (κ3) is 3.87. The van der Waals surface area contributed by atoms with Crippen LogP contribution in [0.15, 0.2) is 30.6 Å². The Kier molecular flexibility index (Phi) is 5.36. The predicted molar refractivity (Wildman–Crippen MR) is 133 cm³/mol. The molecule has 2 N–H and O–H groups in total. The molecule has 2 aliphatic heterocycles. The highest BCUT2D eigenvalue weighted by Gasteiger charge is 2.32. The van der Waals surface area contributed by atoms with Crippen molar-refractivity contribution in [2.45, 2.75) is 56.7 Å². The van der Waals surface area contributed by atoms with E-state index in [0.717, 1.165) is 42.7 Å². The molecule has 9 nitrogen and oxygen atoms in total. The Balaban J connectivity index is 1.26. The van der Waals surface area contributed by atoms with Crippen LogP contribution in [-0.2, 0) is 0 Å². The second-order valence-corrected chi connectivity index (χ2v) is 10.1. The maximum atomic E-state index is 12.9. The molecular formula is C25H32N8O. The van der Waals surface area contributed by atoms with Crippen LogP contribution in [0.4, 0.5) is 17.5 Å². The van der Waals surface area contributed by atoms with Crippen molar-refractivity contribution < 1.29 is 4.79 Å². The fraction of sp³-hybridized carbons (Fsp3) is 0.520. The zero-order valence-electron chi connectivity index (χ0n) is 19.9. The van der Waals surface area contributed by atoms with Gasteiger partial charge < -0.3 is 25.0 Å². The van der Waals surface area contributed by atoms with Crippen LogP contribution in [0.5, 0.6) is 0 Å². The summed E-state index contributed by atoms with van der Waals surface area (Å²) in [5, 5.41) is 7.82. The van der Waals surface area contributed by atoms with E-state index in [1.807, 2.05) is 18.3 Å². The largest absolute Gasteiger partial charge is 0.367 e. The van der Waals surface area contributed by atoms with E-state index < -0.39 is 0 Å². The Morgan fingerprint density at radius 3 is 2.50 bits per heavy atom. The van der Waals surface area contributed by atoms with Crippen molar-refractivity contribution in [2.75, 3.05) is 37.4 Å². The lowest BCUT2D eigenvalue weighted by atomic mass is 10.2. The number of carbonyl (C=O) groups excluding carboxylic acids is 1. The number of anilines is 3. The van der Waals surface area contributed by atoms with Gasteiger partial charge in [0.25, 0.3) is 5.91 Å². The first-order valence-electron chi connectivity index (χ1n) is 12.4. The van der Waals surface area contributed by atoms with Gasteiger partial charge in [-0.05, 0) is 43.9 Å². The Hall–Kier alpha value is -3.20. The van der Waals surface area contributed by atoms with Gasteiger partial charge in [-0.3, -0.25) is 4.79 Å². The average Bonchev–Trinajstić information content (AvgIpc) is 3.57. The van der Waals surface area contributed by atoms with Gasteiger partial charge in [0.2, 0.25) is 5.95 Å². The van der Waals surface area contributed by atoms with Crippen molar-refractivity contribution in [1.29, 1.82) is 0 Å². The molecule has 0 aromatic carbocycles. The molecule has 1 aliphatic carbocycles. The van der Waals surface area contributed by atoms with E-state index in [1.54, 1.807) is 25.2 Å². The molecule has 0 spiro atoms. The van der Waals surface area contributed by atoms with E-state index >= 15 is 0 Å². The van der Waals surface area contributed by atoms with Crippen molar-refractivity contribution in [3.63, 3.8) is 0 Å². The summed E-state index contributed by atoms with van der Waals surface area (Å²) in [7, 11) is 3.58. The molecule has 0 radical (unpaired) electrons. The molecule has 178 valence electrons. The second kappa shape index (κ2) is 8.54. The molecule has 6 rings (SSSR count). The van der Waals surface area contributed by atoms with Crippen molar-refractivity contribution >= 4 is 34.4 Å². The van der Waals surface area contributed by atoms with Crippen LogP contribution in [0.1, 0.15) is 55.1 Å². The number of nitrogens with zero attached hydrogens (tertiary/aromatic N) is 6. The molecule has 34 heavy (non-hydrogen) atoms. The number of hydrogen-bond donors (Lipinski definition) is 2. The van der Waals surface area contributed by atoms with Crippen molar-refractivity contribution in [2.24, 2.45) is 0 Å². The van der Waals surface area contributed by atoms with Crippen LogP contribution in [0.2, 0.25) is 0 Å². The van der Waals surface area contributed by atoms with Gasteiger partial charge in [-0.15, -0.1) is 0 Å². The SMILES string of the molecule is CN(C)C(=O)c1cc2cnc(Nc3ccc(N4CC5CCC(C4)N5)cn3)nc2n1C1CCCC1. The highest BCUT2D eigenvalue weighted by Crippen LogP contribution is 2.35. The van der Waals surface area contributed by atoms with Gasteiger partial charge in [0.05, 0.1) is 11.9 Å². The number of rotatable bonds is 5. The van der Waals surface area contributed by atoms with E-state index in [0.29, 0.717) is 35.6 Å². The average molecular weight is 461 g/mol. The molecule has 9 heteroatoms. The van der Waals surface area contributed by atoms with Gasteiger partial charge in [-0.25, -0.2) is 9.97 Å². The molecular weight excluding hydrogens is 428 g/mol. The Bertz CT molecular complexity index is 1190. The topological polar surface area (TPSA) is 91.2 Å². The number of aromatic nitrogens is 4. The Morgan fingerprint density at radius 1 is 1.06 bits per heavy atom. The number of pyridine rings is 1. The summed E-state index contributed by atoms with van der Waals surface area (Å²) in [5.41, 5.74) is 2.65. The number of nitrogens with one attached hydrogen (secondary N) is 2.